The lowest BCUT2D eigenvalue weighted by atomic mass is 9.98. The Kier molecular flexibility index (Phi) is 6.11. The molecule has 1 fully saturated rings. The molecule has 5 atom stereocenters. The topological polar surface area (TPSA) is 165 Å². The van der Waals surface area contributed by atoms with Crippen LogP contribution in [-0.4, -0.2) is 72.0 Å². The number of carbonyl (C=O) groups is 1. The number of amides is 1. The third kappa shape index (κ3) is 4.52. The van der Waals surface area contributed by atoms with Crippen molar-refractivity contribution in [1.82, 2.24) is 4.72 Å². The number of rotatable bonds is 5. The number of aliphatic hydroxyl groups is 4. The fourth-order valence-electron chi connectivity index (χ4n) is 2.39. The van der Waals surface area contributed by atoms with Gasteiger partial charge in [0.2, 0.25) is 15.9 Å². The van der Waals surface area contributed by atoms with Gasteiger partial charge in [-0.3, -0.25) is 4.79 Å². The quantitative estimate of drug-likeness (QED) is 0.334. The Morgan fingerprint density at radius 2 is 1.76 bits per heavy atom. The molecule has 0 radical (unpaired) electrons. The monoisotopic (exact) mass is 376 g/mol. The van der Waals surface area contributed by atoms with Crippen LogP contribution in [0, 0.1) is 0 Å². The number of benzene rings is 1. The van der Waals surface area contributed by atoms with E-state index in [0.717, 1.165) is 0 Å². The Hall–Kier alpha value is -1.60. The molecule has 11 heteroatoms. The summed E-state index contributed by atoms with van der Waals surface area (Å²) in [5.41, 5.74) is 0.397. The highest BCUT2D eigenvalue weighted by Gasteiger charge is 2.45. The van der Waals surface area contributed by atoms with E-state index in [1.165, 1.54) is 31.2 Å². The largest absolute Gasteiger partial charge is 0.394 e. The molecular formula is C14H20N2O8S. The van der Waals surface area contributed by atoms with Crippen LogP contribution in [0.15, 0.2) is 29.2 Å². The van der Waals surface area contributed by atoms with E-state index in [1.54, 1.807) is 0 Å². The molecule has 0 aliphatic carbocycles. The third-order valence-electron chi connectivity index (χ3n) is 3.68. The Bertz CT molecular complexity index is 708. The highest BCUT2D eigenvalue weighted by atomic mass is 32.2. The van der Waals surface area contributed by atoms with Gasteiger partial charge in [-0.1, -0.05) is 0 Å². The van der Waals surface area contributed by atoms with Crippen LogP contribution in [0.4, 0.5) is 5.69 Å². The predicted octanol–water partition coefficient (Wildman–Crippen LogP) is -2.28. The maximum atomic E-state index is 12.4. The average molecular weight is 376 g/mol. The summed E-state index contributed by atoms with van der Waals surface area (Å²) in [4.78, 5) is 10.8. The second kappa shape index (κ2) is 7.74. The van der Waals surface area contributed by atoms with Gasteiger partial charge in [0.15, 0.2) is 6.29 Å². The van der Waals surface area contributed by atoms with E-state index in [4.69, 9.17) is 9.84 Å². The fourth-order valence-corrected chi connectivity index (χ4v) is 3.64. The van der Waals surface area contributed by atoms with Crippen LogP contribution in [0.3, 0.4) is 0 Å². The molecule has 1 aromatic carbocycles. The zero-order valence-corrected chi connectivity index (χ0v) is 14.0. The summed E-state index contributed by atoms with van der Waals surface area (Å²) in [5.74, 6) is -0.313. The van der Waals surface area contributed by atoms with Crippen molar-refractivity contribution in [3.05, 3.63) is 24.3 Å². The van der Waals surface area contributed by atoms with E-state index < -0.39 is 47.3 Å². The van der Waals surface area contributed by atoms with Crippen LogP contribution in [0.2, 0.25) is 0 Å². The van der Waals surface area contributed by atoms with Crippen molar-refractivity contribution < 1.29 is 38.4 Å². The molecule has 1 amide bonds. The molecule has 0 unspecified atom stereocenters. The first-order valence-electron chi connectivity index (χ1n) is 7.36. The van der Waals surface area contributed by atoms with Crippen molar-refractivity contribution in [3.63, 3.8) is 0 Å². The molecule has 1 heterocycles. The van der Waals surface area contributed by atoms with E-state index in [-0.39, 0.29) is 10.8 Å². The van der Waals surface area contributed by atoms with Crippen molar-refractivity contribution >= 4 is 21.6 Å². The number of hydrogen-bond acceptors (Lipinski definition) is 8. The lowest BCUT2D eigenvalue weighted by Gasteiger charge is -2.40. The van der Waals surface area contributed by atoms with Crippen LogP contribution in [0.25, 0.3) is 0 Å². The van der Waals surface area contributed by atoms with Gasteiger partial charge in [0, 0.05) is 12.6 Å². The summed E-state index contributed by atoms with van der Waals surface area (Å²) in [5, 5.41) is 41.1. The molecule has 0 spiro atoms. The third-order valence-corrected chi connectivity index (χ3v) is 5.15. The van der Waals surface area contributed by atoms with Crippen LogP contribution in [-0.2, 0) is 19.6 Å². The summed E-state index contributed by atoms with van der Waals surface area (Å²) in [7, 11) is -4.15. The van der Waals surface area contributed by atoms with E-state index in [9.17, 15) is 28.5 Å². The molecule has 2 rings (SSSR count). The van der Waals surface area contributed by atoms with Gasteiger partial charge in [0.25, 0.3) is 0 Å². The molecule has 1 aromatic rings. The van der Waals surface area contributed by atoms with Gasteiger partial charge in [-0.05, 0) is 24.3 Å². The van der Waals surface area contributed by atoms with Crippen LogP contribution in [0.5, 0.6) is 0 Å². The van der Waals surface area contributed by atoms with Gasteiger partial charge >= 0.3 is 0 Å². The van der Waals surface area contributed by atoms with Crippen molar-refractivity contribution in [3.8, 4) is 0 Å². The molecule has 0 bridgehead atoms. The minimum atomic E-state index is -4.15. The smallest absolute Gasteiger partial charge is 0.241 e. The number of carbonyl (C=O) groups excluding carboxylic acids is 1. The normalized spacial score (nSPS) is 30.0. The molecule has 10 nitrogen and oxygen atoms in total. The van der Waals surface area contributed by atoms with Crippen molar-refractivity contribution in [2.24, 2.45) is 0 Å². The predicted molar refractivity (Wildman–Crippen MR) is 84.8 cm³/mol. The Morgan fingerprint density at radius 3 is 2.28 bits per heavy atom. The Balaban J connectivity index is 2.16. The van der Waals surface area contributed by atoms with E-state index in [1.807, 2.05) is 0 Å². The van der Waals surface area contributed by atoms with Gasteiger partial charge in [0.05, 0.1) is 11.5 Å². The highest BCUT2D eigenvalue weighted by molar-refractivity contribution is 7.89. The lowest BCUT2D eigenvalue weighted by Crippen LogP contribution is -2.64. The van der Waals surface area contributed by atoms with Crippen LogP contribution in [0.1, 0.15) is 6.92 Å². The molecule has 1 aliphatic heterocycles. The molecule has 0 saturated carbocycles. The second-order valence-electron chi connectivity index (χ2n) is 5.58. The van der Waals surface area contributed by atoms with E-state index in [0.29, 0.717) is 5.69 Å². The second-order valence-corrected chi connectivity index (χ2v) is 7.30. The number of aliphatic hydroxyl groups excluding tert-OH is 4. The molecular weight excluding hydrogens is 356 g/mol. The summed E-state index contributed by atoms with van der Waals surface area (Å²) in [6, 6.07) is 3.66. The zero-order valence-electron chi connectivity index (χ0n) is 13.2. The molecule has 1 saturated heterocycles. The number of ether oxygens (including phenoxy) is 1. The lowest BCUT2D eigenvalue weighted by molar-refractivity contribution is -0.251. The van der Waals surface area contributed by atoms with Crippen molar-refractivity contribution in [1.29, 1.82) is 0 Å². The molecule has 0 aromatic heterocycles. The minimum absolute atomic E-state index is 0.181. The molecule has 1 aliphatic rings. The number of sulfonamides is 1. The van der Waals surface area contributed by atoms with E-state index in [2.05, 4.69) is 10.0 Å². The summed E-state index contributed by atoms with van der Waals surface area (Å²) in [6.45, 7) is 0.655. The first-order chi connectivity index (χ1) is 11.7. The maximum absolute atomic E-state index is 12.4. The van der Waals surface area contributed by atoms with Gasteiger partial charge in [-0.2, -0.15) is 0 Å². The summed E-state index contributed by atoms with van der Waals surface area (Å²) in [6.07, 6.45) is -6.26. The fraction of sp³-hybridized carbons (Fsp3) is 0.500. The Labute approximate surface area is 144 Å². The number of anilines is 1. The Morgan fingerprint density at radius 1 is 1.16 bits per heavy atom. The SMILES string of the molecule is CC(=O)Nc1ccc(S(=O)(=O)N[C@@H]2[C@H](O)[C@H](O)[C@H](CO)O[C@@H]2O)cc1. The molecule has 6 N–H and O–H groups in total. The molecule has 25 heavy (non-hydrogen) atoms. The molecule has 140 valence electrons. The zero-order chi connectivity index (χ0) is 18.8. The van der Waals surface area contributed by atoms with Crippen LogP contribution < -0.4 is 10.0 Å². The van der Waals surface area contributed by atoms with Crippen LogP contribution >= 0.6 is 0 Å². The average Bonchev–Trinajstić information content (AvgIpc) is 2.55. The van der Waals surface area contributed by atoms with Gasteiger partial charge in [-0.25, -0.2) is 13.1 Å². The minimum Gasteiger partial charge on any atom is -0.394 e. The summed E-state index contributed by atoms with van der Waals surface area (Å²) < 4.78 is 31.7. The number of hydrogen-bond donors (Lipinski definition) is 6. The first kappa shape index (κ1) is 19.7. The van der Waals surface area contributed by atoms with Gasteiger partial charge in [-0.15, -0.1) is 0 Å². The number of nitrogens with one attached hydrogen (secondary N) is 2. The maximum Gasteiger partial charge on any atom is 0.241 e. The highest BCUT2D eigenvalue weighted by Crippen LogP contribution is 2.22. The first-order valence-corrected chi connectivity index (χ1v) is 8.84. The van der Waals surface area contributed by atoms with E-state index >= 15 is 0 Å². The van der Waals surface area contributed by atoms with Gasteiger partial charge in [0.1, 0.15) is 24.4 Å². The standard InChI is InChI=1S/C14H20N2O8S/c1-7(18)15-8-2-4-9(5-3-8)25(22,23)16-11-13(20)12(19)10(6-17)24-14(11)21/h2-5,10-14,16-17,19-21H,6H2,1H3,(H,15,18)/t10-,11+,12+,13-,14-/m0/s1. The van der Waals surface area contributed by atoms with Crippen molar-refractivity contribution in [2.45, 2.75) is 42.5 Å². The summed E-state index contributed by atoms with van der Waals surface area (Å²) >= 11 is 0. The van der Waals surface area contributed by atoms with Gasteiger partial charge < -0.3 is 30.5 Å². The van der Waals surface area contributed by atoms with Crippen molar-refractivity contribution in [2.75, 3.05) is 11.9 Å².